The highest BCUT2D eigenvalue weighted by Crippen LogP contribution is 2.39. The smallest absolute Gasteiger partial charge is 0.126 e. The number of anilines is 1. The van der Waals surface area contributed by atoms with Gasteiger partial charge in [-0.3, -0.25) is 0 Å². The van der Waals surface area contributed by atoms with Crippen LogP contribution < -0.4 is 10.6 Å². The van der Waals surface area contributed by atoms with Crippen LogP contribution in [0.2, 0.25) is 0 Å². The molecule has 166 valence electrons. The van der Waals surface area contributed by atoms with E-state index in [-0.39, 0.29) is 11.9 Å². The maximum atomic E-state index is 13.6. The molecule has 0 spiro atoms. The minimum atomic E-state index is -0.238. The van der Waals surface area contributed by atoms with Gasteiger partial charge in [0, 0.05) is 36.1 Å². The summed E-state index contributed by atoms with van der Waals surface area (Å²) in [6.45, 7) is 3.96. The van der Waals surface area contributed by atoms with Gasteiger partial charge in [0.05, 0.1) is 5.69 Å². The quantitative estimate of drug-likeness (QED) is 0.325. The normalized spacial score (nSPS) is 14.5. The van der Waals surface area contributed by atoms with Crippen LogP contribution in [-0.2, 0) is 0 Å². The standard InChI is InChI=1S/C28H27FN4/c1-19(20-5-3-2-4-6-20)33-26-17-23(13-16-31-26)27-25(21-11-14-30-15-12-21)18-32-28(27)22-7-9-24(29)10-8-22/h2-11,13,16-19,30,32H,12,14-15H2,1H3,(H,31,33). The van der Waals surface area contributed by atoms with Crippen LogP contribution in [0.3, 0.4) is 0 Å². The number of aromatic amines is 1. The summed E-state index contributed by atoms with van der Waals surface area (Å²) in [5.74, 6) is 0.582. The van der Waals surface area contributed by atoms with Crippen LogP contribution in [-0.4, -0.2) is 23.1 Å². The van der Waals surface area contributed by atoms with Gasteiger partial charge in [0.25, 0.3) is 0 Å². The van der Waals surface area contributed by atoms with E-state index in [1.165, 1.54) is 28.8 Å². The summed E-state index contributed by atoms with van der Waals surface area (Å²) < 4.78 is 13.6. The van der Waals surface area contributed by atoms with Gasteiger partial charge in [0.15, 0.2) is 0 Å². The Morgan fingerprint density at radius 1 is 1.00 bits per heavy atom. The first-order chi connectivity index (χ1) is 16.2. The second-order valence-corrected chi connectivity index (χ2v) is 8.35. The van der Waals surface area contributed by atoms with Crippen molar-refractivity contribution in [3.63, 3.8) is 0 Å². The molecule has 4 nitrogen and oxygen atoms in total. The van der Waals surface area contributed by atoms with Crippen molar-refractivity contribution in [2.45, 2.75) is 19.4 Å². The Bertz CT molecular complexity index is 1260. The van der Waals surface area contributed by atoms with Gasteiger partial charge in [-0.15, -0.1) is 0 Å². The Balaban J connectivity index is 1.56. The average molecular weight is 439 g/mol. The van der Waals surface area contributed by atoms with Crippen LogP contribution in [0.15, 0.2) is 85.2 Å². The summed E-state index contributed by atoms with van der Waals surface area (Å²) in [5, 5.41) is 6.92. The van der Waals surface area contributed by atoms with Crippen LogP contribution in [0.5, 0.6) is 0 Å². The molecule has 5 heteroatoms. The van der Waals surface area contributed by atoms with Crippen molar-refractivity contribution in [3.05, 3.63) is 102 Å². The fourth-order valence-corrected chi connectivity index (χ4v) is 4.40. The number of nitrogens with one attached hydrogen (secondary N) is 3. The average Bonchev–Trinajstić information content (AvgIpc) is 3.31. The van der Waals surface area contributed by atoms with Gasteiger partial charge in [-0.25, -0.2) is 9.37 Å². The van der Waals surface area contributed by atoms with E-state index in [0.29, 0.717) is 0 Å². The fraction of sp³-hybridized carbons (Fsp3) is 0.179. The SMILES string of the molecule is CC(Nc1cc(-c2c(C3=CCNCC3)c[nH]c2-c2ccc(F)cc2)ccn1)c1ccccc1. The molecule has 1 unspecified atom stereocenters. The highest BCUT2D eigenvalue weighted by molar-refractivity contribution is 5.92. The summed E-state index contributed by atoms with van der Waals surface area (Å²) >= 11 is 0. The molecule has 1 aliphatic rings. The van der Waals surface area contributed by atoms with E-state index in [1.807, 2.05) is 42.6 Å². The molecule has 1 atom stereocenters. The molecule has 0 saturated heterocycles. The molecule has 0 saturated carbocycles. The van der Waals surface area contributed by atoms with Gasteiger partial charge < -0.3 is 15.6 Å². The lowest BCUT2D eigenvalue weighted by Gasteiger charge is -2.18. The summed E-state index contributed by atoms with van der Waals surface area (Å²) in [4.78, 5) is 8.04. The Morgan fingerprint density at radius 2 is 1.82 bits per heavy atom. The fourth-order valence-electron chi connectivity index (χ4n) is 4.40. The molecule has 4 aromatic rings. The number of aromatic nitrogens is 2. The van der Waals surface area contributed by atoms with Crippen LogP contribution in [0.25, 0.3) is 28.0 Å². The zero-order chi connectivity index (χ0) is 22.6. The first kappa shape index (κ1) is 21.2. The Morgan fingerprint density at radius 3 is 2.58 bits per heavy atom. The monoisotopic (exact) mass is 438 g/mol. The molecule has 0 aliphatic carbocycles. The van der Waals surface area contributed by atoms with Gasteiger partial charge in [0.2, 0.25) is 0 Å². The van der Waals surface area contributed by atoms with E-state index in [9.17, 15) is 4.39 Å². The number of halogens is 1. The molecular weight excluding hydrogens is 411 g/mol. The summed E-state index contributed by atoms with van der Waals surface area (Å²) in [7, 11) is 0. The Kier molecular flexibility index (Phi) is 6.05. The van der Waals surface area contributed by atoms with Gasteiger partial charge in [-0.05, 0) is 78.6 Å². The van der Waals surface area contributed by atoms with E-state index >= 15 is 0 Å². The van der Waals surface area contributed by atoms with Crippen molar-refractivity contribution in [3.8, 4) is 22.4 Å². The van der Waals surface area contributed by atoms with Gasteiger partial charge >= 0.3 is 0 Å². The summed E-state index contributed by atoms with van der Waals surface area (Å²) in [6.07, 6.45) is 7.14. The van der Waals surface area contributed by atoms with E-state index in [0.717, 1.165) is 47.7 Å². The topological polar surface area (TPSA) is 52.7 Å². The summed E-state index contributed by atoms with van der Waals surface area (Å²) in [6, 6.07) is 21.3. The number of rotatable bonds is 6. The molecule has 3 N–H and O–H groups in total. The van der Waals surface area contributed by atoms with E-state index in [4.69, 9.17) is 0 Å². The first-order valence-corrected chi connectivity index (χ1v) is 11.3. The maximum absolute atomic E-state index is 13.6. The minimum Gasteiger partial charge on any atom is -0.364 e. The number of H-pyrrole nitrogens is 1. The lowest BCUT2D eigenvalue weighted by atomic mass is 9.92. The van der Waals surface area contributed by atoms with Gasteiger partial charge in [0.1, 0.15) is 11.6 Å². The zero-order valence-electron chi connectivity index (χ0n) is 18.6. The van der Waals surface area contributed by atoms with Crippen molar-refractivity contribution in [2.24, 2.45) is 0 Å². The zero-order valence-corrected chi connectivity index (χ0v) is 18.6. The Labute approximate surface area is 193 Å². The molecule has 1 aliphatic heterocycles. The van der Waals surface area contributed by atoms with Crippen molar-refractivity contribution in [2.75, 3.05) is 18.4 Å². The van der Waals surface area contributed by atoms with Gasteiger partial charge in [-0.1, -0.05) is 36.4 Å². The number of hydrogen-bond acceptors (Lipinski definition) is 3. The molecule has 0 fully saturated rings. The minimum absolute atomic E-state index is 0.128. The van der Waals surface area contributed by atoms with Crippen molar-refractivity contribution >= 4 is 11.4 Å². The van der Waals surface area contributed by atoms with Crippen LogP contribution in [0, 0.1) is 5.82 Å². The van der Waals surface area contributed by atoms with Crippen molar-refractivity contribution in [1.82, 2.24) is 15.3 Å². The molecule has 33 heavy (non-hydrogen) atoms. The van der Waals surface area contributed by atoms with Crippen molar-refractivity contribution < 1.29 is 4.39 Å². The molecule has 0 amide bonds. The molecule has 0 radical (unpaired) electrons. The van der Waals surface area contributed by atoms with Gasteiger partial charge in [-0.2, -0.15) is 0 Å². The number of benzene rings is 2. The highest BCUT2D eigenvalue weighted by Gasteiger charge is 2.19. The molecule has 3 heterocycles. The summed E-state index contributed by atoms with van der Waals surface area (Å²) in [5.41, 5.74) is 7.84. The second kappa shape index (κ2) is 9.43. The third-order valence-corrected chi connectivity index (χ3v) is 6.14. The lowest BCUT2D eigenvalue weighted by molar-refractivity contribution is 0.628. The third-order valence-electron chi connectivity index (χ3n) is 6.14. The van der Waals surface area contributed by atoms with E-state index in [2.05, 4.69) is 58.0 Å². The molecule has 2 aromatic heterocycles. The van der Waals surface area contributed by atoms with E-state index in [1.54, 1.807) is 0 Å². The largest absolute Gasteiger partial charge is 0.364 e. The van der Waals surface area contributed by atoms with Crippen LogP contribution >= 0.6 is 0 Å². The van der Waals surface area contributed by atoms with Crippen LogP contribution in [0.4, 0.5) is 10.2 Å². The predicted octanol–water partition coefficient (Wildman–Crippen LogP) is 6.43. The number of nitrogens with zero attached hydrogens (tertiary/aromatic N) is 1. The second-order valence-electron chi connectivity index (χ2n) is 8.35. The third kappa shape index (κ3) is 4.59. The van der Waals surface area contributed by atoms with Crippen molar-refractivity contribution in [1.29, 1.82) is 0 Å². The number of pyridine rings is 1. The first-order valence-electron chi connectivity index (χ1n) is 11.3. The maximum Gasteiger partial charge on any atom is 0.126 e. The predicted molar refractivity (Wildman–Crippen MR) is 133 cm³/mol. The molecule has 2 aromatic carbocycles. The Hall–Kier alpha value is -3.70. The number of hydrogen-bond donors (Lipinski definition) is 3. The molecule has 0 bridgehead atoms. The molecular formula is C28H27FN4. The van der Waals surface area contributed by atoms with Crippen LogP contribution in [0.1, 0.15) is 30.5 Å². The highest BCUT2D eigenvalue weighted by atomic mass is 19.1. The van der Waals surface area contributed by atoms with E-state index < -0.39 is 0 Å². The lowest BCUT2D eigenvalue weighted by Crippen LogP contribution is -2.20. The molecule has 5 rings (SSSR count).